The predicted molar refractivity (Wildman–Crippen MR) is 74.9 cm³/mol. The number of hydrogen-bond donors (Lipinski definition) is 0. The average Bonchev–Trinajstić information content (AvgIpc) is 2.37. The lowest BCUT2D eigenvalue weighted by Crippen LogP contribution is -2.09. The minimum atomic E-state index is 0.641. The van der Waals surface area contributed by atoms with Crippen LogP contribution in [0.2, 0.25) is 0 Å². The van der Waals surface area contributed by atoms with Crippen LogP contribution in [-0.4, -0.2) is 5.71 Å². The fourth-order valence-corrected chi connectivity index (χ4v) is 1.62. The molecule has 1 aliphatic rings. The van der Waals surface area contributed by atoms with Gasteiger partial charge in [-0.05, 0) is 38.2 Å². The van der Waals surface area contributed by atoms with Gasteiger partial charge in [0.25, 0.3) is 0 Å². The van der Waals surface area contributed by atoms with E-state index in [4.69, 9.17) is 0 Å². The van der Waals surface area contributed by atoms with Crippen molar-refractivity contribution in [3.8, 4) is 0 Å². The monoisotopic (exact) mass is 219 g/mol. The van der Waals surface area contributed by atoms with Crippen LogP contribution in [0.4, 0.5) is 0 Å². The Labute approximate surface area is 101 Å². The molecule has 0 saturated carbocycles. The van der Waals surface area contributed by atoms with Crippen LogP contribution in [0.15, 0.2) is 41.6 Å². The van der Waals surface area contributed by atoms with Crippen LogP contribution in [0.25, 0.3) is 0 Å². The van der Waals surface area contributed by atoms with Crippen molar-refractivity contribution in [1.82, 2.24) is 0 Å². The summed E-state index contributed by atoms with van der Waals surface area (Å²) in [6.45, 7) is 8.36. The van der Waals surface area contributed by atoms with Gasteiger partial charge < -0.3 is 0 Å². The summed E-state index contributed by atoms with van der Waals surface area (Å²) in [6, 6.07) is 0. The normalized spacial score (nSPS) is 26.5. The Morgan fingerprint density at radius 2 is 1.88 bits per heavy atom. The maximum Gasteiger partial charge on any atom is 0.0267 e. The lowest BCUT2D eigenvalue weighted by Gasteiger charge is -2.12. The van der Waals surface area contributed by atoms with Crippen molar-refractivity contribution in [1.29, 1.82) is 0 Å². The number of hydrogen-bond acceptors (Lipinski definition) is 1. The molecule has 16 heavy (non-hydrogen) atoms. The van der Waals surface area contributed by atoms with Crippen molar-refractivity contribution in [2.24, 2.45) is 10.9 Å². The second kappa shape index (κ2) is 10.4. The van der Waals surface area contributed by atoms with E-state index >= 15 is 0 Å². The number of rotatable bonds is 1. The molecule has 1 unspecified atom stereocenters. The van der Waals surface area contributed by atoms with E-state index in [9.17, 15) is 0 Å². The Kier molecular flexibility index (Phi) is 9.69. The van der Waals surface area contributed by atoms with Crippen LogP contribution in [0, 0.1) is 5.92 Å². The third-order valence-electron chi connectivity index (χ3n) is 2.60. The minimum Gasteiger partial charge on any atom is -0.266 e. The third-order valence-corrected chi connectivity index (χ3v) is 2.60. The fourth-order valence-electron chi connectivity index (χ4n) is 1.62. The quantitative estimate of drug-likeness (QED) is 0.593. The van der Waals surface area contributed by atoms with Gasteiger partial charge in [0.2, 0.25) is 0 Å². The highest BCUT2D eigenvalue weighted by molar-refractivity contribution is 5.84. The number of allylic oxidation sites excluding steroid dienone is 5. The van der Waals surface area contributed by atoms with E-state index < -0.39 is 0 Å². The second-order valence-electron chi connectivity index (χ2n) is 3.61. The zero-order valence-electron chi connectivity index (χ0n) is 11.1. The van der Waals surface area contributed by atoms with E-state index in [0.717, 1.165) is 6.42 Å². The molecule has 0 saturated heterocycles. The van der Waals surface area contributed by atoms with Crippen molar-refractivity contribution in [3.63, 3.8) is 0 Å². The maximum absolute atomic E-state index is 4.44. The predicted octanol–water partition coefficient (Wildman–Crippen LogP) is 4.92. The summed E-state index contributed by atoms with van der Waals surface area (Å²) in [7, 11) is 0. The first kappa shape index (κ1) is 14.9. The van der Waals surface area contributed by atoms with Gasteiger partial charge in [-0.1, -0.05) is 45.1 Å². The zero-order valence-corrected chi connectivity index (χ0v) is 11.1. The van der Waals surface area contributed by atoms with Crippen LogP contribution < -0.4 is 0 Å². The molecule has 0 bridgehead atoms. The van der Waals surface area contributed by atoms with Crippen molar-refractivity contribution < 1.29 is 0 Å². The highest BCUT2D eigenvalue weighted by Gasteiger charge is 2.07. The van der Waals surface area contributed by atoms with Crippen LogP contribution in [0.3, 0.4) is 0 Å². The van der Waals surface area contributed by atoms with E-state index in [1.807, 2.05) is 38.3 Å². The summed E-state index contributed by atoms with van der Waals surface area (Å²) < 4.78 is 0. The second-order valence-corrected chi connectivity index (χ2v) is 3.61. The Hall–Kier alpha value is -1.11. The van der Waals surface area contributed by atoms with Gasteiger partial charge in [0.1, 0.15) is 0 Å². The molecular weight excluding hydrogens is 194 g/mol. The van der Waals surface area contributed by atoms with E-state index in [1.54, 1.807) is 0 Å². The molecule has 1 heterocycles. The highest BCUT2D eigenvalue weighted by Crippen LogP contribution is 2.14. The number of nitrogens with zero attached hydrogens (tertiary/aromatic N) is 1. The first-order valence-electron chi connectivity index (χ1n) is 6.37. The molecule has 1 aliphatic heterocycles. The first-order valence-corrected chi connectivity index (χ1v) is 6.37. The molecule has 1 nitrogen and oxygen atoms in total. The molecule has 0 aromatic carbocycles. The lowest BCUT2D eigenvalue weighted by atomic mass is 9.95. The molecule has 0 amide bonds. The Balaban J connectivity index is 0.00000106. The third kappa shape index (κ3) is 6.39. The summed E-state index contributed by atoms with van der Waals surface area (Å²) in [5.41, 5.74) is 1.26. The van der Waals surface area contributed by atoms with Crippen molar-refractivity contribution in [2.45, 2.75) is 47.0 Å². The molecule has 0 spiro atoms. The lowest BCUT2D eigenvalue weighted by molar-refractivity contribution is 0.610. The molecule has 1 rings (SSSR count). The molecule has 0 aromatic heterocycles. The Bertz CT molecular complexity index is 269. The average molecular weight is 219 g/mol. The summed E-state index contributed by atoms with van der Waals surface area (Å²) in [5, 5.41) is 0. The van der Waals surface area contributed by atoms with Crippen molar-refractivity contribution in [3.05, 3.63) is 36.6 Å². The zero-order chi connectivity index (χ0) is 12.2. The smallest absolute Gasteiger partial charge is 0.0267 e. The van der Waals surface area contributed by atoms with E-state index in [1.165, 1.54) is 18.6 Å². The molecule has 90 valence electrons. The first-order chi connectivity index (χ1) is 7.84. The molecular formula is C15H25N. The molecule has 0 aromatic rings. The summed E-state index contributed by atoms with van der Waals surface area (Å²) in [5.74, 6) is 0.641. The van der Waals surface area contributed by atoms with E-state index in [2.05, 4.69) is 31.0 Å². The molecule has 0 aliphatic carbocycles. The topological polar surface area (TPSA) is 12.4 Å². The standard InChI is InChI=1S/C13H19N.C2H6/c1-3-13-10-8-6-4-5-7-9-11-14-12(13)2;1-2/h4-7,9,11,13H,3,8,10H2,1-2H3;1-2H3/b6-4-,7-5+,11-9-,14-12?;. The van der Waals surface area contributed by atoms with Crippen LogP contribution in [0.1, 0.15) is 47.0 Å². The van der Waals surface area contributed by atoms with Gasteiger partial charge in [-0.15, -0.1) is 0 Å². The Morgan fingerprint density at radius 3 is 2.56 bits per heavy atom. The summed E-state index contributed by atoms with van der Waals surface area (Å²) in [4.78, 5) is 4.44. The van der Waals surface area contributed by atoms with Gasteiger partial charge in [0.05, 0.1) is 0 Å². The maximum atomic E-state index is 4.44. The van der Waals surface area contributed by atoms with Gasteiger partial charge in [0, 0.05) is 11.9 Å². The van der Waals surface area contributed by atoms with Crippen molar-refractivity contribution >= 4 is 5.71 Å². The summed E-state index contributed by atoms with van der Waals surface area (Å²) in [6.07, 6.45) is 15.8. The molecule has 0 radical (unpaired) electrons. The summed E-state index contributed by atoms with van der Waals surface area (Å²) >= 11 is 0. The van der Waals surface area contributed by atoms with Gasteiger partial charge in [-0.25, -0.2) is 0 Å². The van der Waals surface area contributed by atoms with Crippen LogP contribution in [-0.2, 0) is 0 Å². The fraction of sp³-hybridized carbons (Fsp3) is 0.533. The van der Waals surface area contributed by atoms with Gasteiger partial charge in [-0.3, -0.25) is 4.99 Å². The largest absolute Gasteiger partial charge is 0.266 e. The Morgan fingerprint density at radius 1 is 1.19 bits per heavy atom. The van der Waals surface area contributed by atoms with Gasteiger partial charge >= 0.3 is 0 Å². The van der Waals surface area contributed by atoms with E-state index in [-0.39, 0.29) is 0 Å². The SMILES string of the molecule is CC.CCC1CC\C=C/C=C/C=C\N=C1C. The molecule has 1 heteroatoms. The molecule has 0 N–H and O–H groups in total. The molecule has 0 fully saturated rings. The van der Waals surface area contributed by atoms with Gasteiger partial charge in [0.15, 0.2) is 0 Å². The highest BCUT2D eigenvalue weighted by atomic mass is 14.7. The van der Waals surface area contributed by atoms with Crippen LogP contribution in [0.5, 0.6) is 0 Å². The van der Waals surface area contributed by atoms with Gasteiger partial charge in [-0.2, -0.15) is 0 Å². The minimum absolute atomic E-state index is 0.641. The van der Waals surface area contributed by atoms with E-state index in [0.29, 0.717) is 5.92 Å². The molecule has 1 atom stereocenters. The van der Waals surface area contributed by atoms with Crippen molar-refractivity contribution in [2.75, 3.05) is 0 Å². The number of aliphatic imine (C=N–C) groups is 1. The van der Waals surface area contributed by atoms with Crippen LogP contribution >= 0.6 is 0 Å².